The van der Waals surface area contributed by atoms with Crippen LogP contribution in [0.3, 0.4) is 0 Å². The number of benzene rings is 2. The van der Waals surface area contributed by atoms with Gasteiger partial charge in [0.1, 0.15) is 5.75 Å². The smallest absolute Gasteiger partial charge is 0.271 e. The Kier molecular flexibility index (Phi) is 4.38. The van der Waals surface area contributed by atoms with E-state index in [1.165, 1.54) is 6.21 Å². The normalized spacial score (nSPS) is 10.7. The van der Waals surface area contributed by atoms with Crippen LogP contribution in [0.25, 0.3) is 0 Å². The van der Waals surface area contributed by atoms with E-state index < -0.39 is 0 Å². The van der Waals surface area contributed by atoms with Crippen LogP contribution in [0.4, 0.5) is 0 Å². The summed E-state index contributed by atoms with van der Waals surface area (Å²) >= 11 is 5.77. The monoisotopic (exact) mass is 288 g/mol. The fraction of sp³-hybridized carbons (Fsp3) is 0.0667. The average molecular weight is 289 g/mol. The molecule has 2 rings (SSSR count). The molecule has 2 aromatic carbocycles. The molecule has 0 saturated carbocycles. The van der Waals surface area contributed by atoms with Gasteiger partial charge in [0.2, 0.25) is 0 Å². The van der Waals surface area contributed by atoms with Crippen LogP contribution >= 0.6 is 11.6 Å². The van der Waals surface area contributed by atoms with Gasteiger partial charge in [-0.25, -0.2) is 5.43 Å². The van der Waals surface area contributed by atoms with Gasteiger partial charge in [-0.1, -0.05) is 35.4 Å². The molecule has 0 bridgehead atoms. The molecule has 5 heteroatoms. The highest BCUT2D eigenvalue weighted by Crippen LogP contribution is 2.25. The van der Waals surface area contributed by atoms with Crippen molar-refractivity contribution in [3.8, 4) is 5.75 Å². The third-order valence-corrected chi connectivity index (χ3v) is 2.97. The van der Waals surface area contributed by atoms with E-state index in [1.54, 1.807) is 36.4 Å². The van der Waals surface area contributed by atoms with Crippen molar-refractivity contribution in [2.45, 2.75) is 6.92 Å². The number of aryl methyl sites for hydroxylation is 1. The fourth-order valence-corrected chi connectivity index (χ4v) is 1.83. The first-order valence-corrected chi connectivity index (χ1v) is 6.33. The number of para-hydroxylation sites is 1. The molecular weight excluding hydrogens is 276 g/mol. The second kappa shape index (κ2) is 6.21. The van der Waals surface area contributed by atoms with Crippen molar-refractivity contribution in [1.29, 1.82) is 0 Å². The van der Waals surface area contributed by atoms with Gasteiger partial charge in [-0.2, -0.15) is 5.10 Å². The number of phenolic OH excluding ortho intramolecular Hbond substituents is 1. The first kappa shape index (κ1) is 14.1. The number of hydrogen-bond donors (Lipinski definition) is 2. The van der Waals surface area contributed by atoms with E-state index in [4.69, 9.17) is 11.6 Å². The van der Waals surface area contributed by atoms with Gasteiger partial charge in [0, 0.05) is 11.1 Å². The highest BCUT2D eigenvalue weighted by molar-refractivity contribution is 6.32. The molecule has 1 amide bonds. The van der Waals surface area contributed by atoms with E-state index >= 15 is 0 Å². The molecular formula is C15H13ClN2O2. The summed E-state index contributed by atoms with van der Waals surface area (Å²) in [5.41, 5.74) is 4.35. The van der Waals surface area contributed by atoms with Crippen LogP contribution in [-0.2, 0) is 0 Å². The lowest BCUT2D eigenvalue weighted by Gasteiger charge is -2.02. The second-order valence-corrected chi connectivity index (χ2v) is 4.65. The Morgan fingerprint density at radius 3 is 2.80 bits per heavy atom. The number of phenols is 1. The molecule has 0 heterocycles. The molecule has 0 aromatic heterocycles. The largest absolute Gasteiger partial charge is 0.506 e. The van der Waals surface area contributed by atoms with E-state index in [0.29, 0.717) is 11.1 Å². The second-order valence-electron chi connectivity index (χ2n) is 4.25. The Bertz CT molecular complexity index is 669. The summed E-state index contributed by atoms with van der Waals surface area (Å²) in [6.07, 6.45) is 1.34. The summed E-state index contributed by atoms with van der Waals surface area (Å²) in [5.74, 6) is -0.380. The molecule has 0 aliphatic rings. The summed E-state index contributed by atoms with van der Waals surface area (Å²) in [4.78, 5) is 11.8. The first-order valence-electron chi connectivity index (χ1n) is 5.95. The van der Waals surface area contributed by atoms with E-state index in [9.17, 15) is 9.90 Å². The first-order chi connectivity index (χ1) is 9.58. The van der Waals surface area contributed by atoms with Gasteiger partial charge in [-0.15, -0.1) is 0 Å². The topological polar surface area (TPSA) is 61.7 Å². The molecule has 0 aliphatic carbocycles. The molecule has 0 saturated heterocycles. The third-order valence-electron chi connectivity index (χ3n) is 2.67. The zero-order valence-electron chi connectivity index (χ0n) is 10.8. The Labute approximate surface area is 121 Å². The van der Waals surface area contributed by atoms with Gasteiger partial charge < -0.3 is 5.11 Å². The number of nitrogens with zero attached hydrogens (tertiary/aromatic N) is 1. The van der Waals surface area contributed by atoms with Crippen LogP contribution < -0.4 is 5.43 Å². The van der Waals surface area contributed by atoms with Crippen LogP contribution in [-0.4, -0.2) is 17.2 Å². The van der Waals surface area contributed by atoms with Gasteiger partial charge in [-0.05, 0) is 31.2 Å². The number of hydrazone groups is 1. The van der Waals surface area contributed by atoms with Crippen molar-refractivity contribution in [2.75, 3.05) is 0 Å². The lowest BCUT2D eigenvalue weighted by molar-refractivity contribution is 0.0955. The number of nitrogens with one attached hydrogen (secondary N) is 1. The minimum atomic E-state index is -0.313. The van der Waals surface area contributed by atoms with Crippen LogP contribution in [0.1, 0.15) is 21.5 Å². The Hall–Kier alpha value is -2.33. The number of carbonyl (C=O) groups excluding carboxylic acids is 1. The highest BCUT2D eigenvalue weighted by Gasteiger charge is 2.05. The van der Waals surface area contributed by atoms with E-state index in [0.717, 1.165) is 5.56 Å². The number of amides is 1. The average Bonchev–Trinajstić information content (AvgIpc) is 2.43. The summed E-state index contributed by atoms with van der Waals surface area (Å²) in [6.45, 7) is 1.91. The Morgan fingerprint density at radius 1 is 1.30 bits per heavy atom. The molecule has 0 aliphatic heterocycles. The lowest BCUT2D eigenvalue weighted by Crippen LogP contribution is -2.17. The minimum absolute atomic E-state index is 0.0669. The third kappa shape index (κ3) is 3.36. The highest BCUT2D eigenvalue weighted by atomic mass is 35.5. The summed E-state index contributed by atoms with van der Waals surface area (Å²) < 4.78 is 0. The standard InChI is InChI=1S/C15H13ClN2O2/c1-10-4-2-5-11(8-10)15(20)18-17-9-12-6-3-7-13(16)14(12)19/h2-9,19H,1H3,(H,18,20)/b17-9+. The summed E-state index contributed by atoms with van der Waals surface area (Å²) in [7, 11) is 0. The predicted octanol–water partition coefficient (Wildman–Crippen LogP) is 3.12. The number of rotatable bonds is 3. The molecule has 0 unspecified atom stereocenters. The summed E-state index contributed by atoms with van der Waals surface area (Å²) in [5, 5.41) is 13.7. The van der Waals surface area contributed by atoms with Crippen LogP contribution in [0.2, 0.25) is 5.02 Å². The molecule has 0 spiro atoms. The van der Waals surface area contributed by atoms with Gasteiger partial charge in [0.05, 0.1) is 11.2 Å². The molecule has 0 atom stereocenters. The molecule has 2 N–H and O–H groups in total. The quantitative estimate of drug-likeness (QED) is 0.673. The van der Waals surface area contributed by atoms with Crippen molar-refractivity contribution in [1.82, 2.24) is 5.43 Å². The molecule has 0 fully saturated rings. The van der Waals surface area contributed by atoms with Crippen molar-refractivity contribution < 1.29 is 9.90 Å². The van der Waals surface area contributed by atoms with Gasteiger partial charge in [0.15, 0.2) is 0 Å². The maximum atomic E-state index is 11.8. The zero-order chi connectivity index (χ0) is 14.5. The molecule has 20 heavy (non-hydrogen) atoms. The Morgan fingerprint density at radius 2 is 2.05 bits per heavy atom. The number of halogens is 1. The van der Waals surface area contributed by atoms with Crippen molar-refractivity contribution in [3.05, 3.63) is 64.2 Å². The van der Waals surface area contributed by atoms with Gasteiger partial charge >= 0.3 is 0 Å². The van der Waals surface area contributed by atoms with Gasteiger partial charge in [0.25, 0.3) is 5.91 Å². The fourth-order valence-electron chi connectivity index (χ4n) is 1.65. The van der Waals surface area contributed by atoms with Crippen LogP contribution in [0, 0.1) is 6.92 Å². The summed E-state index contributed by atoms with van der Waals surface area (Å²) in [6, 6.07) is 12.1. The van der Waals surface area contributed by atoms with Crippen molar-refractivity contribution >= 4 is 23.7 Å². The molecule has 0 radical (unpaired) electrons. The zero-order valence-corrected chi connectivity index (χ0v) is 11.6. The Balaban J connectivity index is 2.07. The van der Waals surface area contributed by atoms with Crippen LogP contribution in [0.15, 0.2) is 47.6 Å². The number of aromatic hydroxyl groups is 1. The molecule has 4 nitrogen and oxygen atoms in total. The van der Waals surface area contributed by atoms with Gasteiger partial charge in [-0.3, -0.25) is 4.79 Å². The van der Waals surface area contributed by atoms with Crippen molar-refractivity contribution in [2.24, 2.45) is 5.10 Å². The number of hydrogen-bond acceptors (Lipinski definition) is 3. The van der Waals surface area contributed by atoms with E-state index in [1.807, 2.05) is 13.0 Å². The lowest BCUT2D eigenvalue weighted by atomic mass is 10.1. The van der Waals surface area contributed by atoms with Crippen molar-refractivity contribution in [3.63, 3.8) is 0 Å². The van der Waals surface area contributed by atoms with E-state index in [-0.39, 0.29) is 16.7 Å². The maximum Gasteiger partial charge on any atom is 0.271 e. The molecule has 2 aromatic rings. The van der Waals surface area contributed by atoms with E-state index in [2.05, 4.69) is 10.5 Å². The molecule has 102 valence electrons. The number of carbonyl (C=O) groups is 1. The SMILES string of the molecule is Cc1cccc(C(=O)N/N=C/c2cccc(Cl)c2O)c1. The minimum Gasteiger partial charge on any atom is -0.506 e. The predicted molar refractivity (Wildman–Crippen MR) is 79.4 cm³/mol. The maximum absolute atomic E-state index is 11.8. The van der Waals surface area contributed by atoms with Crippen LogP contribution in [0.5, 0.6) is 5.75 Å².